The SMILES string of the molecule is O=C(Nn1ccc2ncccc21)Oc1cnc(-c2cccc(F)c2)nc1. The first-order chi connectivity index (χ1) is 12.7. The number of nitrogens with zero attached hydrogens (tertiary/aromatic N) is 4. The van der Waals surface area contributed by atoms with E-state index in [1.807, 2.05) is 6.07 Å². The van der Waals surface area contributed by atoms with Gasteiger partial charge in [0.25, 0.3) is 0 Å². The molecule has 1 aromatic carbocycles. The van der Waals surface area contributed by atoms with Crippen LogP contribution in [-0.2, 0) is 0 Å². The van der Waals surface area contributed by atoms with E-state index in [1.165, 1.54) is 29.2 Å². The van der Waals surface area contributed by atoms with Gasteiger partial charge in [0.2, 0.25) is 0 Å². The van der Waals surface area contributed by atoms with E-state index in [0.29, 0.717) is 11.4 Å². The molecule has 0 saturated heterocycles. The zero-order valence-electron chi connectivity index (χ0n) is 13.3. The maximum Gasteiger partial charge on any atom is 0.432 e. The van der Waals surface area contributed by atoms with Crippen molar-refractivity contribution in [1.82, 2.24) is 19.6 Å². The summed E-state index contributed by atoms with van der Waals surface area (Å²) in [5.74, 6) is 0.121. The summed E-state index contributed by atoms with van der Waals surface area (Å²) in [4.78, 5) is 24.4. The molecule has 128 valence electrons. The summed E-state index contributed by atoms with van der Waals surface area (Å²) in [5, 5.41) is 0. The lowest BCUT2D eigenvalue weighted by atomic mass is 10.2. The first-order valence-electron chi connectivity index (χ1n) is 7.68. The molecule has 0 aliphatic heterocycles. The number of carbonyl (C=O) groups excluding carboxylic acids is 1. The van der Waals surface area contributed by atoms with Crippen LogP contribution in [0, 0.1) is 5.82 Å². The van der Waals surface area contributed by atoms with E-state index in [1.54, 1.807) is 36.7 Å². The van der Waals surface area contributed by atoms with E-state index in [9.17, 15) is 9.18 Å². The minimum atomic E-state index is -0.701. The average Bonchev–Trinajstić information content (AvgIpc) is 3.05. The topological polar surface area (TPSA) is 81.9 Å². The van der Waals surface area contributed by atoms with Gasteiger partial charge in [0.05, 0.1) is 23.4 Å². The summed E-state index contributed by atoms with van der Waals surface area (Å²) < 4.78 is 19.9. The Morgan fingerprint density at radius 2 is 1.92 bits per heavy atom. The maximum absolute atomic E-state index is 13.3. The second-order valence-corrected chi connectivity index (χ2v) is 5.35. The number of amides is 1. The molecule has 0 bridgehead atoms. The molecular weight excluding hydrogens is 337 g/mol. The molecule has 0 aliphatic carbocycles. The van der Waals surface area contributed by atoms with Crippen LogP contribution in [0.3, 0.4) is 0 Å². The maximum atomic E-state index is 13.3. The van der Waals surface area contributed by atoms with Crippen LogP contribution < -0.4 is 10.2 Å². The van der Waals surface area contributed by atoms with Gasteiger partial charge in [-0.25, -0.2) is 24.6 Å². The number of pyridine rings is 1. The third-order valence-corrected chi connectivity index (χ3v) is 3.59. The van der Waals surface area contributed by atoms with Crippen LogP contribution in [0.4, 0.5) is 9.18 Å². The van der Waals surface area contributed by atoms with Crippen molar-refractivity contribution in [3.63, 3.8) is 0 Å². The van der Waals surface area contributed by atoms with E-state index < -0.39 is 6.09 Å². The molecule has 0 radical (unpaired) electrons. The molecule has 0 fully saturated rings. The van der Waals surface area contributed by atoms with Crippen LogP contribution in [0.2, 0.25) is 0 Å². The van der Waals surface area contributed by atoms with Crippen LogP contribution >= 0.6 is 0 Å². The van der Waals surface area contributed by atoms with Gasteiger partial charge in [-0.2, -0.15) is 0 Å². The number of aromatic nitrogens is 4. The molecule has 7 nitrogen and oxygen atoms in total. The lowest BCUT2D eigenvalue weighted by Crippen LogP contribution is -2.25. The van der Waals surface area contributed by atoms with Crippen LogP contribution in [0.5, 0.6) is 5.75 Å². The Morgan fingerprint density at radius 3 is 2.73 bits per heavy atom. The summed E-state index contributed by atoms with van der Waals surface area (Å²) in [7, 11) is 0. The zero-order chi connectivity index (χ0) is 17.9. The van der Waals surface area contributed by atoms with Gasteiger partial charge < -0.3 is 4.74 Å². The molecule has 1 amide bonds. The van der Waals surface area contributed by atoms with E-state index in [0.717, 1.165) is 11.0 Å². The van der Waals surface area contributed by atoms with Crippen molar-refractivity contribution >= 4 is 17.1 Å². The number of carbonyl (C=O) groups is 1. The molecule has 0 aliphatic rings. The third kappa shape index (κ3) is 3.20. The fourth-order valence-electron chi connectivity index (χ4n) is 2.44. The van der Waals surface area contributed by atoms with Gasteiger partial charge in [0, 0.05) is 18.0 Å². The number of ether oxygens (including phenoxy) is 1. The normalized spacial score (nSPS) is 10.7. The second-order valence-electron chi connectivity index (χ2n) is 5.35. The average molecular weight is 349 g/mol. The van der Waals surface area contributed by atoms with Gasteiger partial charge in [-0.15, -0.1) is 0 Å². The molecule has 4 rings (SSSR count). The summed E-state index contributed by atoms with van der Waals surface area (Å²) in [5.41, 5.74) is 4.60. The Bertz CT molecular complexity index is 1080. The predicted octanol–water partition coefficient (Wildman–Crippen LogP) is 3.37. The van der Waals surface area contributed by atoms with Crippen molar-refractivity contribution in [2.75, 3.05) is 5.43 Å². The summed E-state index contributed by atoms with van der Waals surface area (Å²) in [6, 6.07) is 11.3. The van der Waals surface area contributed by atoms with Crippen molar-refractivity contribution < 1.29 is 13.9 Å². The molecule has 0 saturated carbocycles. The van der Waals surface area contributed by atoms with Crippen molar-refractivity contribution in [2.45, 2.75) is 0 Å². The first kappa shape index (κ1) is 15.7. The number of fused-ring (bicyclic) bond motifs is 1. The molecule has 1 N–H and O–H groups in total. The van der Waals surface area contributed by atoms with Crippen LogP contribution in [0.1, 0.15) is 0 Å². The minimum Gasteiger partial charge on any atom is -0.406 e. The Morgan fingerprint density at radius 1 is 1.08 bits per heavy atom. The van der Waals surface area contributed by atoms with Gasteiger partial charge in [-0.05, 0) is 30.3 Å². The van der Waals surface area contributed by atoms with Gasteiger partial charge >= 0.3 is 6.09 Å². The molecule has 0 unspecified atom stereocenters. The largest absolute Gasteiger partial charge is 0.432 e. The van der Waals surface area contributed by atoms with Crippen molar-refractivity contribution in [2.24, 2.45) is 0 Å². The zero-order valence-corrected chi connectivity index (χ0v) is 13.3. The van der Waals surface area contributed by atoms with Gasteiger partial charge in [0.15, 0.2) is 11.6 Å². The number of benzene rings is 1. The quantitative estimate of drug-likeness (QED) is 0.613. The molecule has 8 heteroatoms. The summed E-state index contributed by atoms with van der Waals surface area (Å²) in [6.07, 6.45) is 5.34. The Balaban J connectivity index is 1.46. The number of nitrogens with one attached hydrogen (secondary N) is 1. The lowest BCUT2D eigenvalue weighted by molar-refractivity contribution is 0.211. The highest BCUT2D eigenvalue weighted by atomic mass is 19.1. The van der Waals surface area contributed by atoms with Crippen molar-refractivity contribution in [3.05, 3.63) is 73.1 Å². The fraction of sp³-hybridized carbons (Fsp3) is 0. The van der Waals surface area contributed by atoms with Crippen molar-refractivity contribution in [3.8, 4) is 17.1 Å². The number of rotatable bonds is 3. The van der Waals surface area contributed by atoms with E-state index in [-0.39, 0.29) is 11.6 Å². The fourth-order valence-corrected chi connectivity index (χ4v) is 2.44. The lowest BCUT2D eigenvalue weighted by Gasteiger charge is -2.08. The second kappa shape index (κ2) is 6.60. The standard InChI is InChI=1S/C18H12FN5O2/c19-13-4-1-3-12(9-13)17-21-10-14(11-22-17)26-18(25)23-24-8-6-15-16(24)5-2-7-20-15/h1-11H,(H,23,25). The van der Waals surface area contributed by atoms with Crippen molar-refractivity contribution in [1.29, 1.82) is 0 Å². The third-order valence-electron chi connectivity index (χ3n) is 3.59. The Kier molecular flexibility index (Phi) is 3.98. The molecule has 4 aromatic rings. The summed E-state index contributed by atoms with van der Waals surface area (Å²) in [6.45, 7) is 0. The first-order valence-corrected chi connectivity index (χ1v) is 7.68. The van der Waals surface area contributed by atoms with E-state index in [4.69, 9.17) is 4.74 Å². The van der Waals surface area contributed by atoms with Gasteiger partial charge in [-0.1, -0.05) is 12.1 Å². The van der Waals surface area contributed by atoms with E-state index in [2.05, 4.69) is 20.4 Å². The molecule has 3 aromatic heterocycles. The number of hydrogen-bond donors (Lipinski definition) is 1. The summed E-state index contributed by atoms with van der Waals surface area (Å²) >= 11 is 0. The Labute approximate surface area is 147 Å². The Hall–Kier alpha value is -3.81. The highest BCUT2D eigenvalue weighted by molar-refractivity contribution is 5.83. The monoisotopic (exact) mass is 349 g/mol. The molecule has 3 heterocycles. The minimum absolute atomic E-state index is 0.164. The van der Waals surface area contributed by atoms with Crippen LogP contribution in [-0.4, -0.2) is 25.7 Å². The molecule has 0 spiro atoms. The van der Waals surface area contributed by atoms with Gasteiger partial charge in [-0.3, -0.25) is 9.66 Å². The molecule has 0 atom stereocenters. The van der Waals surface area contributed by atoms with Crippen LogP contribution in [0.15, 0.2) is 67.3 Å². The number of halogens is 1. The van der Waals surface area contributed by atoms with E-state index >= 15 is 0 Å². The molecule has 26 heavy (non-hydrogen) atoms. The van der Waals surface area contributed by atoms with Crippen LogP contribution in [0.25, 0.3) is 22.4 Å². The van der Waals surface area contributed by atoms with Gasteiger partial charge in [0.1, 0.15) is 5.82 Å². The highest BCUT2D eigenvalue weighted by Gasteiger charge is 2.09. The highest BCUT2D eigenvalue weighted by Crippen LogP contribution is 2.17. The molecular formula is C18H12FN5O2. The predicted molar refractivity (Wildman–Crippen MR) is 92.5 cm³/mol. The number of hydrogen-bond acceptors (Lipinski definition) is 5. The smallest absolute Gasteiger partial charge is 0.406 e.